The molecule has 0 aliphatic heterocycles. The lowest BCUT2D eigenvalue weighted by atomic mass is 10.1. The lowest BCUT2D eigenvalue weighted by Gasteiger charge is -2.11. The highest BCUT2D eigenvalue weighted by molar-refractivity contribution is 6.30. The predicted octanol–water partition coefficient (Wildman–Crippen LogP) is 3.15. The average molecular weight is 255 g/mol. The Balaban J connectivity index is 2.02. The second-order valence-corrected chi connectivity index (χ2v) is 4.84. The molecular weight excluding hydrogens is 240 g/mol. The fourth-order valence-electron chi connectivity index (χ4n) is 1.62. The van der Waals surface area contributed by atoms with E-state index in [1.165, 1.54) is 12.8 Å². The van der Waals surface area contributed by atoms with E-state index >= 15 is 0 Å². The van der Waals surface area contributed by atoms with Crippen molar-refractivity contribution in [3.8, 4) is 5.75 Å². The number of carbonyl (C=O) groups is 1. The minimum atomic E-state index is -0.807. The summed E-state index contributed by atoms with van der Waals surface area (Å²) in [4.78, 5) is 10.6. The molecule has 1 aromatic carbocycles. The normalized spacial score (nSPS) is 14.6. The third-order valence-corrected chi connectivity index (χ3v) is 3.04. The van der Waals surface area contributed by atoms with Gasteiger partial charge in [-0.15, -0.1) is 0 Å². The van der Waals surface area contributed by atoms with E-state index in [0.29, 0.717) is 17.4 Å². The standard InChI is InChI=1S/C13H15ClO3/c14-11-4-5-12(17-8-9-1-2-9)10(7-11)3-6-13(15)16/h4-5,7,9H,1-3,6,8H2,(H,15,16). The first-order valence-electron chi connectivity index (χ1n) is 5.78. The van der Waals surface area contributed by atoms with Crippen molar-refractivity contribution in [2.45, 2.75) is 25.7 Å². The van der Waals surface area contributed by atoms with Gasteiger partial charge < -0.3 is 9.84 Å². The summed E-state index contributed by atoms with van der Waals surface area (Å²) in [5, 5.41) is 9.30. The van der Waals surface area contributed by atoms with Crippen LogP contribution in [-0.4, -0.2) is 17.7 Å². The molecule has 1 aromatic rings. The summed E-state index contributed by atoms with van der Waals surface area (Å²) < 4.78 is 5.70. The molecule has 1 aliphatic rings. The smallest absolute Gasteiger partial charge is 0.303 e. The maximum absolute atomic E-state index is 10.6. The molecule has 17 heavy (non-hydrogen) atoms. The van der Waals surface area contributed by atoms with Crippen LogP contribution in [0.1, 0.15) is 24.8 Å². The van der Waals surface area contributed by atoms with Crippen molar-refractivity contribution in [3.63, 3.8) is 0 Å². The molecule has 1 aliphatic carbocycles. The molecule has 0 radical (unpaired) electrons. The highest BCUT2D eigenvalue weighted by Gasteiger charge is 2.22. The van der Waals surface area contributed by atoms with Crippen molar-refractivity contribution in [1.82, 2.24) is 0 Å². The predicted molar refractivity (Wildman–Crippen MR) is 65.6 cm³/mol. The van der Waals surface area contributed by atoms with Crippen LogP contribution in [0.5, 0.6) is 5.75 Å². The summed E-state index contributed by atoms with van der Waals surface area (Å²) in [6, 6.07) is 5.38. The Morgan fingerprint density at radius 1 is 1.47 bits per heavy atom. The summed E-state index contributed by atoms with van der Waals surface area (Å²) in [7, 11) is 0. The second kappa shape index (κ2) is 5.41. The van der Waals surface area contributed by atoms with Gasteiger partial charge in [-0.3, -0.25) is 4.79 Å². The Morgan fingerprint density at radius 2 is 2.24 bits per heavy atom. The van der Waals surface area contributed by atoms with E-state index in [-0.39, 0.29) is 6.42 Å². The molecule has 1 fully saturated rings. The summed E-state index contributed by atoms with van der Waals surface area (Å²) in [5.74, 6) is 0.638. The summed E-state index contributed by atoms with van der Waals surface area (Å²) in [6.07, 6.45) is 3.02. The number of benzene rings is 1. The van der Waals surface area contributed by atoms with Gasteiger partial charge in [-0.1, -0.05) is 11.6 Å². The van der Waals surface area contributed by atoms with Gasteiger partial charge in [-0.05, 0) is 48.9 Å². The van der Waals surface area contributed by atoms with Gasteiger partial charge in [0.05, 0.1) is 6.61 Å². The third-order valence-electron chi connectivity index (χ3n) is 2.80. The molecule has 92 valence electrons. The minimum Gasteiger partial charge on any atom is -0.493 e. The zero-order valence-electron chi connectivity index (χ0n) is 9.49. The molecule has 0 atom stereocenters. The molecule has 2 rings (SSSR count). The number of aryl methyl sites for hydroxylation is 1. The number of hydrogen-bond donors (Lipinski definition) is 1. The molecule has 4 heteroatoms. The molecule has 1 saturated carbocycles. The number of rotatable bonds is 6. The number of ether oxygens (including phenoxy) is 1. The van der Waals surface area contributed by atoms with Crippen molar-refractivity contribution in [1.29, 1.82) is 0 Å². The number of halogens is 1. The number of hydrogen-bond acceptors (Lipinski definition) is 2. The molecular formula is C13H15ClO3. The van der Waals surface area contributed by atoms with Crippen LogP contribution in [0.3, 0.4) is 0 Å². The van der Waals surface area contributed by atoms with Crippen molar-refractivity contribution in [2.75, 3.05) is 6.61 Å². The molecule has 3 nitrogen and oxygen atoms in total. The molecule has 0 aromatic heterocycles. The molecule has 0 amide bonds. The van der Waals surface area contributed by atoms with Crippen LogP contribution in [0.2, 0.25) is 5.02 Å². The number of carboxylic acid groups (broad SMARTS) is 1. The molecule has 0 saturated heterocycles. The van der Waals surface area contributed by atoms with Gasteiger partial charge in [-0.2, -0.15) is 0 Å². The van der Waals surface area contributed by atoms with Crippen molar-refractivity contribution in [3.05, 3.63) is 28.8 Å². The second-order valence-electron chi connectivity index (χ2n) is 4.40. The Hall–Kier alpha value is -1.22. The van der Waals surface area contributed by atoms with E-state index in [1.54, 1.807) is 12.1 Å². The maximum atomic E-state index is 10.6. The quantitative estimate of drug-likeness (QED) is 0.848. The highest BCUT2D eigenvalue weighted by atomic mass is 35.5. The number of aliphatic carboxylic acids is 1. The zero-order chi connectivity index (χ0) is 12.3. The molecule has 0 spiro atoms. The van der Waals surface area contributed by atoms with Gasteiger partial charge >= 0.3 is 5.97 Å². The van der Waals surface area contributed by atoms with E-state index < -0.39 is 5.97 Å². The van der Waals surface area contributed by atoms with Crippen molar-refractivity contribution < 1.29 is 14.6 Å². The fourth-order valence-corrected chi connectivity index (χ4v) is 1.81. The van der Waals surface area contributed by atoms with E-state index in [9.17, 15) is 4.79 Å². The van der Waals surface area contributed by atoms with Crippen LogP contribution in [-0.2, 0) is 11.2 Å². The van der Waals surface area contributed by atoms with Crippen LogP contribution >= 0.6 is 11.6 Å². The maximum Gasteiger partial charge on any atom is 0.303 e. The van der Waals surface area contributed by atoms with E-state index in [2.05, 4.69) is 0 Å². The third kappa shape index (κ3) is 3.93. The molecule has 0 heterocycles. The Bertz CT molecular complexity index is 413. The first-order valence-corrected chi connectivity index (χ1v) is 6.16. The van der Waals surface area contributed by atoms with Crippen LogP contribution in [0.25, 0.3) is 0 Å². The molecule has 1 N–H and O–H groups in total. The SMILES string of the molecule is O=C(O)CCc1cc(Cl)ccc1OCC1CC1. The van der Waals surface area contributed by atoms with Crippen molar-refractivity contribution >= 4 is 17.6 Å². The Labute approximate surface area is 105 Å². The monoisotopic (exact) mass is 254 g/mol. The summed E-state index contributed by atoms with van der Waals surface area (Å²) in [5.41, 5.74) is 0.876. The van der Waals surface area contributed by atoms with E-state index in [0.717, 1.165) is 17.9 Å². The lowest BCUT2D eigenvalue weighted by molar-refractivity contribution is -0.136. The largest absolute Gasteiger partial charge is 0.493 e. The van der Waals surface area contributed by atoms with Crippen LogP contribution in [0.15, 0.2) is 18.2 Å². The van der Waals surface area contributed by atoms with Crippen LogP contribution in [0, 0.1) is 5.92 Å². The van der Waals surface area contributed by atoms with Crippen molar-refractivity contribution in [2.24, 2.45) is 5.92 Å². The van der Waals surface area contributed by atoms with Gasteiger partial charge in [0.1, 0.15) is 5.75 Å². The minimum absolute atomic E-state index is 0.0974. The number of carboxylic acids is 1. The van der Waals surface area contributed by atoms with Gasteiger partial charge in [-0.25, -0.2) is 0 Å². The van der Waals surface area contributed by atoms with Gasteiger partial charge in [0.15, 0.2) is 0 Å². The summed E-state index contributed by atoms with van der Waals surface area (Å²) >= 11 is 5.90. The Morgan fingerprint density at radius 3 is 2.88 bits per heavy atom. The topological polar surface area (TPSA) is 46.5 Å². The molecule has 0 unspecified atom stereocenters. The fraction of sp³-hybridized carbons (Fsp3) is 0.462. The first-order chi connectivity index (χ1) is 8.15. The van der Waals surface area contributed by atoms with Gasteiger partial charge in [0, 0.05) is 11.4 Å². The molecule has 0 bridgehead atoms. The van der Waals surface area contributed by atoms with E-state index in [4.69, 9.17) is 21.4 Å². The first kappa shape index (κ1) is 12.2. The zero-order valence-corrected chi connectivity index (χ0v) is 10.2. The van der Waals surface area contributed by atoms with Crippen LogP contribution in [0.4, 0.5) is 0 Å². The van der Waals surface area contributed by atoms with Crippen LogP contribution < -0.4 is 4.74 Å². The van der Waals surface area contributed by atoms with Gasteiger partial charge in [0.25, 0.3) is 0 Å². The summed E-state index contributed by atoms with van der Waals surface area (Å²) in [6.45, 7) is 0.724. The van der Waals surface area contributed by atoms with E-state index in [1.807, 2.05) is 6.07 Å². The van der Waals surface area contributed by atoms with Gasteiger partial charge in [0.2, 0.25) is 0 Å². The lowest BCUT2D eigenvalue weighted by Crippen LogP contribution is -2.04. The Kier molecular flexibility index (Phi) is 3.89. The highest BCUT2D eigenvalue weighted by Crippen LogP contribution is 2.31. The average Bonchev–Trinajstić information content (AvgIpc) is 3.09.